The van der Waals surface area contributed by atoms with Crippen LogP contribution in [-0.4, -0.2) is 10.8 Å². The number of para-hydroxylation sites is 1. The van der Waals surface area contributed by atoms with Gasteiger partial charge in [-0.2, -0.15) is 0 Å². The Balaban J connectivity index is 1.89. The zero-order valence-electron chi connectivity index (χ0n) is 15.2. The van der Waals surface area contributed by atoms with E-state index in [1.54, 1.807) is 36.4 Å². The lowest BCUT2D eigenvalue weighted by atomic mass is 10.1. The van der Waals surface area contributed by atoms with E-state index in [-0.39, 0.29) is 11.6 Å². The largest absolute Gasteiger partial charge is 0.321 e. The molecule has 1 amide bonds. The number of nitro benzene ring substituents is 1. The molecular weight excluding hydrogens is 396 g/mol. The molecule has 3 rings (SSSR count). The smallest absolute Gasteiger partial charge is 0.284 e. The molecule has 0 atom stereocenters. The van der Waals surface area contributed by atoms with E-state index < -0.39 is 4.92 Å². The van der Waals surface area contributed by atoms with Crippen molar-refractivity contribution >= 4 is 40.6 Å². The molecular formula is C21H17ClN2O3S. The van der Waals surface area contributed by atoms with E-state index in [9.17, 15) is 14.9 Å². The van der Waals surface area contributed by atoms with Crippen molar-refractivity contribution < 1.29 is 9.72 Å². The van der Waals surface area contributed by atoms with Crippen LogP contribution in [0.4, 0.5) is 11.4 Å². The van der Waals surface area contributed by atoms with Gasteiger partial charge in [0.1, 0.15) is 0 Å². The Hall–Kier alpha value is -2.83. The lowest BCUT2D eigenvalue weighted by Crippen LogP contribution is -2.12. The number of benzene rings is 3. The van der Waals surface area contributed by atoms with Crippen molar-refractivity contribution in [2.24, 2.45) is 0 Å². The average Bonchev–Trinajstić information content (AvgIpc) is 2.66. The van der Waals surface area contributed by atoms with Crippen LogP contribution in [0.15, 0.2) is 70.5 Å². The molecule has 0 saturated carbocycles. The third-order valence-corrected chi connectivity index (χ3v) is 5.62. The monoisotopic (exact) mass is 412 g/mol. The van der Waals surface area contributed by atoms with Crippen molar-refractivity contribution in [1.29, 1.82) is 0 Å². The highest BCUT2D eigenvalue weighted by atomic mass is 35.5. The third kappa shape index (κ3) is 4.52. The minimum atomic E-state index is -0.468. The average molecular weight is 413 g/mol. The van der Waals surface area contributed by atoms with Gasteiger partial charge in [0.15, 0.2) is 0 Å². The summed E-state index contributed by atoms with van der Waals surface area (Å²) in [6.45, 7) is 3.94. The Bertz CT molecular complexity index is 1070. The zero-order valence-corrected chi connectivity index (χ0v) is 16.8. The van der Waals surface area contributed by atoms with Crippen LogP contribution in [-0.2, 0) is 0 Å². The fraction of sp³-hybridized carbons (Fsp3) is 0.0952. The van der Waals surface area contributed by atoms with Crippen LogP contribution in [0.3, 0.4) is 0 Å². The van der Waals surface area contributed by atoms with Gasteiger partial charge in [-0.3, -0.25) is 14.9 Å². The molecule has 142 valence electrons. The first-order valence-electron chi connectivity index (χ1n) is 8.44. The SMILES string of the molecule is Cc1ccc(C(=O)Nc2ccccc2Sc2ccc(Cl)cc2[N+](=O)[O-])cc1C. The molecule has 0 unspecified atom stereocenters. The number of aryl methyl sites for hydroxylation is 2. The van der Waals surface area contributed by atoms with Gasteiger partial charge in [-0.15, -0.1) is 0 Å². The molecule has 0 aliphatic rings. The van der Waals surface area contributed by atoms with Gasteiger partial charge in [-0.1, -0.05) is 41.6 Å². The molecule has 0 aliphatic heterocycles. The van der Waals surface area contributed by atoms with E-state index >= 15 is 0 Å². The third-order valence-electron chi connectivity index (χ3n) is 4.24. The Morgan fingerprint density at radius 1 is 1.00 bits per heavy atom. The van der Waals surface area contributed by atoms with Gasteiger partial charge in [0, 0.05) is 21.5 Å². The second kappa shape index (κ2) is 8.46. The first-order valence-corrected chi connectivity index (χ1v) is 9.64. The summed E-state index contributed by atoms with van der Waals surface area (Å²) in [6, 6.07) is 17.2. The number of nitro groups is 1. The number of anilines is 1. The molecule has 0 spiro atoms. The van der Waals surface area contributed by atoms with Crippen LogP contribution in [0.2, 0.25) is 5.02 Å². The molecule has 28 heavy (non-hydrogen) atoms. The number of carbonyl (C=O) groups excluding carboxylic acids is 1. The van der Waals surface area contributed by atoms with E-state index in [1.807, 2.05) is 32.0 Å². The molecule has 0 aliphatic carbocycles. The van der Waals surface area contributed by atoms with Crippen molar-refractivity contribution in [2.75, 3.05) is 5.32 Å². The van der Waals surface area contributed by atoms with Crippen molar-refractivity contribution in [1.82, 2.24) is 0 Å². The normalized spacial score (nSPS) is 10.5. The predicted octanol–water partition coefficient (Wildman–Crippen LogP) is 6.27. The molecule has 0 bridgehead atoms. The molecule has 0 aromatic heterocycles. The van der Waals surface area contributed by atoms with Crippen molar-refractivity contribution in [3.05, 3.63) is 92.5 Å². The van der Waals surface area contributed by atoms with Gasteiger partial charge < -0.3 is 5.32 Å². The fourth-order valence-electron chi connectivity index (χ4n) is 2.57. The van der Waals surface area contributed by atoms with E-state index in [1.165, 1.54) is 17.8 Å². The van der Waals surface area contributed by atoms with Crippen LogP contribution in [0.25, 0.3) is 0 Å². The van der Waals surface area contributed by atoms with Crippen LogP contribution in [0.5, 0.6) is 0 Å². The number of amides is 1. The predicted molar refractivity (Wildman–Crippen MR) is 113 cm³/mol. The Labute approximate surface area is 171 Å². The summed E-state index contributed by atoms with van der Waals surface area (Å²) in [4.78, 5) is 24.7. The second-order valence-electron chi connectivity index (χ2n) is 6.22. The molecule has 3 aromatic rings. The summed E-state index contributed by atoms with van der Waals surface area (Å²) in [5.74, 6) is -0.234. The molecule has 7 heteroatoms. The number of rotatable bonds is 5. The van der Waals surface area contributed by atoms with Gasteiger partial charge >= 0.3 is 0 Å². The number of halogens is 1. The Kier molecular flexibility index (Phi) is 6.02. The van der Waals surface area contributed by atoms with Crippen LogP contribution >= 0.6 is 23.4 Å². The van der Waals surface area contributed by atoms with Crippen molar-refractivity contribution in [2.45, 2.75) is 23.6 Å². The van der Waals surface area contributed by atoms with E-state index in [4.69, 9.17) is 11.6 Å². The van der Waals surface area contributed by atoms with Crippen LogP contribution in [0.1, 0.15) is 21.5 Å². The molecule has 1 N–H and O–H groups in total. The van der Waals surface area contributed by atoms with Crippen LogP contribution in [0, 0.1) is 24.0 Å². The fourth-order valence-corrected chi connectivity index (χ4v) is 3.73. The topological polar surface area (TPSA) is 72.2 Å². The highest BCUT2D eigenvalue weighted by molar-refractivity contribution is 7.99. The molecule has 0 saturated heterocycles. The minimum absolute atomic E-state index is 0.0761. The van der Waals surface area contributed by atoms with E-state index in [2.05, 4.69) is 5.32 Å². The maximum absolute atomic E-state index is 12.7. The lowest BCUT2D eigenvalue weighted by Gasteiger charge is -2.12. The highest BCUT2D eigenvalue weighted by Crippen LogP contribution is 2.39. The summed E-state index contributed by atoms with van der Waals surface area (Å²) in [6.07, 6.45) is 0. The molecule has 0 heterocycles. The quantitative estimate of drug-likeness (QED) is 0.396. The number of hydrogen-bond acceptors (Lipinski definition) is 4. The number of carbonyl (C=O) groups is 1. The van der Waals surface area contributed by atoms with Gasteiger partial charge in [0.25, 0.3) is 11.6 Å². The Morgan fingerprint density at radius 3 is 2.46 bits per heavy atom. The van der Waals surface area contributed by atoms with Gasteiger partial charge in [0.2, 0.25) is 0 Å². The minimum Gasteiger partial charge on any atom is -0.321 e. The molecule has 5 nitrogen and oxygen atoms in total. The second-order valence-corrected chi connectivity index (χ2v) is 7.74. The maximum atomic E-state index is 12.7. The zero-order chi connectivity index (χ0) is 20.3. The number of hydrogen-bond donors (Lipinski definition) is 1. The highest BCUT2D eigenvalue weighted by Gasteiger charge is 2.17. The van der Waals surface area contributed by atoms with E-state index in [0.29, 0.717) is 26.1 Å². The first-order chi connectivity index (χ1) is 13.3. The number of nitrogens with one attached hydrogen (secondary N) is 1. The van der Waals surface area contributed by atoms with Gasteiger partial charge in [0.05, 0.1) is 15.5 Å². The van der Waals surface area contributed by atoms with Crippen molar-refractivity contribution in [3.63, 3.8) is 0 Å². The summed E-state index contributed by atoms with van der Waals surface area (Å²) < 4.78 is 0. The standard InChI is InChI=1S/C21H17ClN2O3S/c1-13-7-8-15(11-14(13)2)21(25)23-17-5-3-4-6-19(17)28-20-10-9-16(22)12-18(20)24(26)27/h3-12H,1-2H3,(H,23,25). The first kappa shape index (κ1) is 19.9. The summed E-state index contributed by atoms with van der Waals surface area (Å²) in [7, 11) is 0. The lowest BCUT2D eigenvalue weighted by molar-refractivity contribution is -0.387. The van der Waals surface area contributed by atoms with Crippen LogP contribution < -0.4 is 5.32 Å². The molecule has 0 radical (unpaired) electrons. The molecule has 0 fully saturated rings. The van der Waals surface area contributed by atoms with Gasteiger partial charge in [-0.05, 0) is 61.4 Å². The number of nitrogens with zero attached hydrogens (tertiary/aromatic N) is 1. The van der Waals surface area contributed by atoms with Gasteiger partial charge in [-0.25, -0.2) is 0 Å². The summed E-state index contributed by atoms with van der Waals surface area (Å²) >= 11 is 7.09. The summed E-state index contributed by atoms with van der Waals surface area (Å²) in [5, 5.41) is 14.5. The Morgan fingerprint density at radius 2 is 1.75 bits per heavy atom. The molecule has 3 aromatic carbocycles. The summed E-state index contributed by atoms with van der Waals surface area (Å²) in [5.41, 5.74) is 3.21. The van der Waals surface area contributed by atoms with E-state index in [0.717, 1.165) is 11.1 Å². The maximum Gasteiger partial charge on any atom is 0.284 e. The van der Waals surface area contributed by atoms with Crippen molar-refractivity contribution in [3.8, 4) is 0 Å².